The van der Waals surface area contributed by atoms with Crippen LogP contribution in [0.5, 0.6) is 0 Å². The smallest absolute Gasteiger partial charge is 0.249 e. The molecule has 98 valence electrons. The molecule has 0 aliphatic rings. The maximum Gasteiger partial charge on any atom is 0.252 e. The van der Waals surface area contributed by atoms with Gasteiger partial charge in [-0.1, -0.05) is 29.8 Å². The number of pyridine rings is 1. The van der Waals surface area contributed by atoms with Crippen LogP contribution in [0.25, 0.3) is 10.9 Å². The summed E-state index contributed by atoms with van der Waals surface area (Å²) in [4.78, 5) is 8.43. The van der Waals surface area contributed by atoms with E-state index in [1.54, 1.807) is 4.68 Å². The van der Waals surface area contributed by atoms with E-state index in [2.05, 4.69) is 15.1 Å². The fourth-order valence-corrected chi connectivity index (χ4v) is 2.30. The Kier molecular flexibility index (Phi) is 3.09. The van der Waals surface area contributed by atoms with E-state index in [9.17, 15) is 0 Å². The molecule has 20 heavy (non-hydrogen) atoms. The topological polar surface area (TPSA) is 67.4 Å². The van der Waals surface area contributed by atoms with Crippen LogP contribution in [0.3, 0.4) is 0 Å². The first-order valence-corrected chi connectivity index (χ1v) is 6.40. The molecule has 3 aromatic rings. The van der Waals surface area contributed by atoms with Crippen molar-refractivity contribution < 1.29 is 0 Å². The summed E-state index contributed by atoms with van der Waals surface area (Å²) in [5.74, 6) is 0.138. The van der Waals surface area contributed by atoms with Gasteiger partial charge in [-0.25, -0.2) is 14.6 Å². The molecule has 0 aliphatic heterocycles. The Morgan fingerprint density at radius 3 is 2.90 bits per heavy atom. The maximum atomic E-state index is 8.73. The number of nitriles is 1. The van der Waals surface area contributed by atoms with Gasteiger partial charge in [-0.2, -0.15) is 5.26 Å². The van der Waals surface area contributed by atoms with Gasteiger partial charge in [0.1, 0.15) is 12.4 Å². The second-order valence-electron chi connectivity index (χ2n) is 4.39. The van der Waals surface area contributed by atoms with E-state index in [-0.39, 0.29) is 5.82 Å². The second-order valence-corrected chi connectivity index (χ2v) is 4.77. The van der Waals surface area contributed by atoms with Crippen molar-refractivity contribution in [2.45, 2.75) is 13.5 Å². The maximum absolute atomic E-state index is 8.73. The lowest BCUT2D eigenvalue weighted by atomic mass is 10.1. The molecule has 0 bridgehead atoms. The number of rotatable bonds is 2. The number of para-hydroxylation sites is 1. The summed E-state index contributed by atoms with van der Waals surface area (Å²) in [5.41, 5.74) is 2.61. The molecule has 0 N–H and O–H groups in total. The highest BCUT2D eigenvalue weighted by molar-refractivity contribution is 6.32. The summed E-state index contributed by atoms with van der Waals surface area (Å²) >= 11 is 6.37. The Hall–Kier alpha value is -2.45. The SMILES string of the molecule is Cc1c(Cl)c(Cn2cnc(C#N)n2)nc2ccccc12. The molecule has 0 fully saturated rings. The summed E-state index contributed by atoms with van der Waals surface area (Å²) in [6.07, 6.45) is 1.50. The van der Waals surface area contributed by atoms with Crippen molar-refractivity contribution in [3.63, 3.8) is 0 Å². The number of nitrogens with zero attached hydrogens (tertiary/aromatic N) is 5. The number of aromatic nitrogens is 4. The van der Waals surface area contributed by atoms with Gasteiger partial charge < -0.3 is 0 Å². The largest absolute Gasteiger partial charge is 0.252 e. The van der Waals surface area contributed by atoms with Crippen LogP contribution in [-0.2, 0) is 6.54 Å². The number of benzene rings is 1. The van der Waals surface area contributed by atoms with Crippen molar-refractivity contribution in [2.75, 3.05) is 0 Å². The molecule has 0 aliphatic carbocycles. The number of fused-ring (bicyclic) bond motifs is 1. The minimum Gasteiger partial charge on any atom is -0.249 e. The number of hydrogen-bond donors (Lipinski definition) is 0. The van der Waals surface area contributed by atoms with Gasteiger partial charge in [0, 0.05) is 5.39 Å². The molecule has 2 heterocycles. The molecule has 0 atom stereocenters. The first kappa shape index (κ1) is 12.6. The number of aryl methyl sites for hydroxylation is 1. The van der Waals surface area contributed by atoms with Gasteiger partial charge in [0.2, 0.25) is 0 Å². The predicted octanol–water partition coefficient (Wildman–Crippen LogP) is 2.71. The zero-order valence-corrected chi connectivity index (χ0v) is 11.5. The van der Waals surface area contributed by atoms with Gasteiger partial charge in [-0.3, -0.25) is 0 Å². The van der Waals surface area contributed by atoms with E-state index in [1.807, 2.05) is 37.3 Å². The lowest BCUT2D eigenvalue weighted by Gasteiger charge is -2.09. The molecule has 1 aromatic carbocycles. The fraction of sp³-hybridized carbons (Fsp3) is 0.143. The highest BCUT2D eigenvalue weighted by Gasteiger charge is 2.11. The van der Waals surface area contributed by atoms with E-state index in [4.69, 9.17) is 16.9 Å². The molecule has 0 saturated heterocycles. The summed E-state index contributed by atoms with van der Waals surface area (Å²) in [6.45, 7) is 2.36. The van der Waals surface area contributed by atoms with Gasteiger partial charge in [-0.05, 0) is 18.6 Å². The van der Waals surface area contributed by atoms with Crippen molar-refractivity contribution in [1.29, 1.82) is 5.26 Å². The van der Waals surface area contributed by atoms with Crippen LogP contribution in [0.2, 0.25) is 5.02 Å². The van der Waals surface area contributed by atoms with Gasteiger partial charge >= 0.3 is 0 Å². The van der Waals surface area contributed by atoms with Crippen molar-refractivity contribution in [3.05, 3.63) is 52.7 Å². The molecule has 0 spiro atoms. The molecule has 5 nitrogen and oxygen atoms in total. The minimum absolute atomic E-state index is 0.138. The third-order valence-electron chi connectivity index (χ3n) is 3.09. The van der Waals surface area contributed by atoms with E-state index in [0.29, 0.717) is 11.6 Å². The molecule has 2 aromatic heterocycles. The quantitative estimate of drug-likeness (QED) is 0.725. The summed E-state index contributed by atoms with van der Waals surface area (Å²) in [5, 5.41) is 14.4. The number of halogens is 1. The van der Waals surface area contributed by atoms with Crippen LogP contribution in [0.15, 0.2) is 30.6 Å². The molecule has 0 saturated carbocycles. The van der Waals surface area contributed by atoms with Crippen molar-refractivity contribution in [1.82, 2.24) is 19.7 Å². The average molecular weight is 284 g/mol. The fourth-order valence-electron chi connectivity index (χ4n) is 2.10. The monoisotopic (exact) mass is 283 g/mol. The van der Waals surface area contributed by atoms with E-state index >= 15 is 0 Å². The molecular formula is C14H10ClN5. The normalized spacial score (nSPS) is 10.7. The molecule has 0 radical (unpaired) electrons. The van der Waals surface area contributed by atoms with Crippen molar-refractivity contribution >= 4 is 22.5 Å². The Bertz CT molecular complexity index is 831. The van der Waals surface area contributed by atoms with Crippen molar-refractivity contribution in [3.8, 4) is 6.07 Å². The summed E-state index contributed by atoms with van der Waals surface area (Å²) < 4.78 is 1.56. The summed E-state index contributed by atoms with van der Waals surface area (Å²) in [6, 6.07) is 9.74. The highest BCUT2D eigenvalue weighted by atomic mass is 35.5. The number of hydrogen-bond acceptors (Lipinski definition) is 4. The van der Waals surface area contributed by atoms with Crippen LogP contribution in [0.4, 0.5) is 0 Å². The first-order valence-electron chi connectivity index (χ1n) is 6.02. The Labute approximate surface area is 120 Å². The minimum atomic E-state index is 0.138. The average Bonchev–Trinajstić information content (AvgIpc) is 2.92. The molecule has 6 heteroatoms. The van der Waals surface area contributed by atoms with E-state index in [0.717, 1.165) is 22.2 Å². The lowest BCUT2D eigenvalue weighted by Crippen LogP contribution is -2.05. The first-order chi connectivity index (χ1) is 9.69. The third-order valence-corrected chi connectivity index (χ3v) is 3.60. The van der Waals surface area contributed by atoms with Crippen LogP contribution in [0, 0.1) is 18.3 Å². The van der Waals surface area contributed by atoms with Crippen molar-refractivity contribution in [2.24, 2.45) is 0 Å². The Balaban J connectivity index is 2.07. The molecular weight excluding hydrogens is 274 g/mol. The van der Waals surface area contributed by atoms with Crippen LogP contribution >= 0.6 is 11.6 Å². The Morgan fingerprint density at radius 1 is 1.35 bits per heavy atom. The zero-order chi connectivity index (χ0) is 14.1. The highest BCUT2D eigenvalue weighted by Crippen LogP contribution is 2.27. The van der Waals surface area contributed by atoms with Gasteiger partial charge in [0.05, 0.1) is 22.8 Å². The molecule has 3 rings (SSSR count). The predicted molar refractivity (Wildman–Crippen MR) is 75.3 cm³/mol. The lowest BCUT2D eigenvalue weighted by molar-refractivity contribution is 0.670. The summed E-state index contributed by atoms with van der Waals surface area (Å²) in [7, 11) is 0. The van der Waals surface area contributed by atoms with Crippen LogP contribution in [-0.4, -0.2) is 19.7 Å². The van der Waals surface area contributed by atoms with Gasteiger partial charge in [0.15, 0.2) is 0 Å². The molecule has 0 amide bonds. The zero-order valence-electron chi connectivity index (χ0n) is 10.7. The van der Waals surface area contributed by atoms with Crippen LogP contribution in [0.1, 0.15) is 17.1 Å². The molecule has 0 unspecified atom stereocenters. The third kappa shape index (κ3) is 2.10. The van der Waals surface area contributed by atoms with E-state index < -0.39 is 0 Å². The van der Waals surface area contributed by atoms with Gasteiger partial charge in [0.25, 0.3) is 5.82 Å². The Morgan fingerprint density at radius 2 is 2.15 bits per heavy atom. The van der Waals surface area contributed by atoms with E-state index in [1.165, 1.54) is 6.33 Å². The van der Waals surface area contributed by atoms with Crippen LogP contribution < -0.4 is 0 Å². The second kappa shape index (κ2) is 4.91. The van der Waals surface area contributed by atoms with Gasteiger partial charge in [-0.15, -0.1) is 5.10 Å². The standard InChI is InChI=1S/C14H10ClN5/c1-9-10-4-2-3-5-11(10)18-12(14(9)15)7-20-8-17-13(6-16)19-20/h2-5,8H,7H2,1H3.